The van der Waals surface area contributed by atoms with Crippen molar-refractivity contribution in [1.82, 2.24) is 0 Å². The summed E-state index contributed by atoms with van der Waals surface area (Å²) in [6, 6.07) is 17.0. The molecular formula is C23H20BClO4. The van der Waals surface area contributed by atoms with Crippen molar-refractivity contribution in [2.45, 2.75) is 12.8 Å². The number of hydrogen-bond donors (Lipinski definition) is 1. The Hall–Kier alpha value is -2.92. The third-order valence-corrected chi connectivity index (χ3v) is 5.04. The molecule has 0 amide bonds. The minimum Gasteiger partial charge on any atom is -0.497 e. The highest BCUT2D eigenvalue weighted by Crippen LogP contribution is 2.32. The van der Waals surface area contributed by atoms with Crippen LogP contribution in [-0.4, -0.2) is 33.1 Å². The summed E-state index contributed by atoms with van der Waals surface area (Å²) in [5.41, 5.74) is 5.06. The van der Waals surface area contributed by atoms with E-state index < -0.39 is 5.97 Å². The van der Waals surface area contributed by atoms with Crippen LogP contribution in [0.15, 0.2) is 54.6 Å². The molecule has 2 radical (unpaired) electrons. The van der Waals surface area contributed by atoms with Crippen molar-refractivity contribution in [2.24, 2.45) is 0 Å². The van der Waals surface area contributed by atoms with Crippen molar-refractivity contribution in [3.63, 3.8) is 0 Å². The number of benzene rings is 3. The molecule has 0 spiro atoms. The molecule has 29 heavy (non-hydrogen) atoms. The van der Waals surface area contributed by atoms with Crippen LogP contribution < -0.4 is 14.9 Å². The Morgan fingerprint density at radius 2 is 1.66 bits per heavy atom. The summed E-state index contributed by atoms with van der Waals surface area (Å²) in [5.74, 6) is 0.442. The van der Waals surface area contributed by atoms with Gasteiger partial charge in [0.05, 0.1) is 19.2 Å². The number of methoxy groups -OCH3 is 2. The lowest BCUT2D eigenvalue weighted by Crippen LogP contribution is -2.09. The van der Waals surface area contributed by atoms with Crippen molar-refractivity contribution in [3.05, 3.63) is 65.2 Å². The smallest absolute Gasteiger partial charge is 0.303 e. The van der Waals surface area contributed by atoms with E-state index in [9.17, 15) is 4.79 Å². The van der Waals surface area contributed by atoms with Crippen LogP contribution in [0.3, 0.4) is 0 Å². The number of rotatable bonds is 7. The second-order valence-electron chi connectivity index (χ2n) is 6.57. The summed E-state index contributed by atoms with van der Waals surface area (Å²) in [6.45, 7) is 0. The lowest BCUT2D eigenvalue weighted by atomic mass is 9.83. The summed E-state index contributed by atoms with van der Waals surface area (Å²) < 4.78 is 10.5. The van der Waals surface area contributed by atoms with E-state index in [4.69, 9.17) is 34.0 Å². The predicted molar refractivity (Wildman–Crippen MR) is 117 cm³/mol. The Bertz CT molecular complexity index is 1050. The molecule has 0 aliphatic rings. The maximum atomic E-state index is 11.0. The molecule has 0 aliphatic carbocycles. The summed E-state index contributed by atoms with van der Waals surface area (Å²) >= 11 is 6.24. The second kappa shape index (κ2) is 9.06. The molecule has 0 unspecified atom stereocenters. The molecule has 1 N–H and O–H groups in total. The summed E-state index contributed by atoms with van der Waals surface area (Å²) in [6.07, 6.45) is 0.416. The van der Waals surface area contributed by atoms with E-state index in [1.54, 1.807) is 14.2 Å². The van der Waals surface area contributed by atoms with Crippen LogP contribution in [0.25, 0.3) is 22.3 Å². The van der Waals surface area contributed by atoms with Crippen LogP contribution in [0.2, 0.25) is 5.02 Å². The molecule has 3 rings (SSSR count). The fraction of sp³-hybridized carbons (Fsp3) is 0.174. The molecule has 6 heteroatoms. The largest absolute Gasteiger partial charge is 0.497 e. The average molecular weight is 407 g/mol. The van der Waals surface area contributed by atoms with Gasteiger partial charge in [-0.15, -0.1) is 0 Å². The molecule has 0 atom stereocenters. The molecule has 146 valence electrons. The van der Waals surface area contributed by atoms with Crippen LogP contribution in [0, 0.1) is 0 Å². The van der Waals surface area contributed by atoms with E-state index in [-0.39, 0.29) is 6.42 Å². The molecule has 3 aromatic rings. The number of aliphatic carboxylic acids is 1. The van der Waals surface area contributed by atoms with Crippen LogP contribution in [0.5, 0.6) is 11.5 Å². The molecular weight excluding hydrogens is 387 g/mol. The number of carboxylic acids is 1. The van der Waals surface area contributed by atoms with Gasteiger partial charge in [0.25, 0.3) is 0 Å². The number of ether oxygens (including phenoxy) is 2. The van der Waals surface area contributed by atoms with Gasteiger partial charge in [0.1, 0.15) is 19.3 Å². The lowest BCUT2D eigenvalue weighted by Gasteiger charge is -2.15. The highest BCUT2D eigenvalue weighted by molar-refractivity contribution is 6.36. The van der Waals surface area contributed by atoms with Crippen LogP contribution >= 0.6 is 11.6 Å². The summed E-state index contributed by atoms with van der Waals surface area (Å²) in [5, 5.41) is 9.59. The first-order valence-corrected chi connectivity index (χ1v) is 9.43. The van der Waals surface area contributed by atoms with Crippen molar-refractivity contribution >= 4 is 30.9 Å². The van der Waals surface area contributed by atoms with E-state index in [1.807, 2.05) is 54.6 Å². The van der Waals surface area contributed by atoms with Gasteiger partial charge < -0.3 is 14.6 Å². The van der Waals surface area contributed by atoms with E-state index in [1.165, 1.54) is 0 Å². The van der Waals surface area contributed by atoms with E-state index >= 15 is 0 Å². The van der Waals surface area contributed by atoms with Crippen molar-refractivity contribution < 1.29 is 19.4 Å². The van der Waals surface area contributed by atoms with Gasteiger partial charge in [0.15, 0.2) is 0 Å². The Labute approximate surface area is 176 Å². The highest BCUT2D eigenvalue weighted by Gasteiger charge is 2.12. The molecule has 0 aliphatic heterocycles. The summed E-state index contributed by atoms with van der Waals surface area (Å²) in [4.78, 5) is 11.0. The fourth-order valence-electron chi connectivity index (χ4n) is 3.24. The van der Waals surface area contributed by atoms with Crippen LogP contribution in [-0.2, 0) is 11.2 Å². The Balaban J connectivity index is 2.00. The fourth-order valence-corrected chi connectivity index (χ4v) is 3.50. The topological polar surface area (TPSA) is 55.8 Å². The molecule has 4 nitrogen and oxygen atoms in total. The van der Waals surface area contributed by atoms with Gasteiger partial charge in [0, 0.05) is 6.42 Å². The van der Waals surface area contributed by atoms with Crippen molar-refractivity contribution in [1.29, 1.82) is 0 Å². The zero-order valence-electron chi connectivity index (χ0n) is 16.2. The molecule has 0 saturated carbocycles. The maximum Gasteiger partial charge on any atom is 0.303 e. The number of carboxylic acid groups (broad SMARTS) is 1. The zero-order valence-corrected chi connectivity index (χ0v) is 17.0. The third-order valence-electron chi connectivity index (χ3n) is 4.75. The quantitative estimate of drug-likeness (QED) is 0.587. The molecule has 0 fully saturated rings. The lowest BCUT2D eigenvalue weighted by molar-refractivity contribution is -0.136. The molecule has 3 aromatic carbocycles. The van der Waals surface area contributed by atoms with Gasteiger partial charge in [-0.25, -0.2) is 0 Å². The average Bonchev–Trinajstić information content (AvgIpc) is 2.72. The minimum absolute atomic E-state index is 0.0303. The third kappa shape index (κ3) is 4.74. The first-order valence-electron chi connectivity index (χ1n) is 9.05. The van der Waals surface area contributed by atoms with Gasteiger partial charge in [0.2, 0.25) is 0 Å². The van der Waals surface area contributed by atoms with Crippen molar-refractivity contribution in [2.75, 3.05) is 14.2 Å². The minimum atomic E-state index is -0.849. The van der Waals surface area contributed by atoms with Crippen molar-refractivity contribution in [3.8, 4) is 33.8 Å². The van der Waals surface area contributed by atoms with E-state index in [0.717, 1.165) is 27.8 Å². The molecule has 0 aromatic heterocycles. The molecule has 0 heterocycles. The van der Waals surface area contributed by atoms with Gasteiger partial charge in [-0.1, -0.05) is 47.4 Å². The van der Waals surface area contributed by atoms with Crippen LogP contribution in [0.1, 0.15) is 12.0 Å². The number of aryl methyl sites for hydroxylation is 1. The maximum absolute atomic E-state index is 11.0. The molecule has 0 saturated heterocycles. The second-order valence-corrected chi connectivity index (χ2v) is 6.98. The summed E-state index contributed by atoms with van der Waals surface area (Å²) in [7, 11) is 9.53. The monoisotopic (exact) mass is 406 g/mol. The van der Waals surface area contributed by atoms with Gasteiger partial charge in [-0.05, 0) is 58.5 Å². The predicted octanol–water partition coefficient (Wildman–Crippen LogP) is 4.50. The Morgan fingerprint density at radius 1 is 0.966 bits per heavy atom. The van der Waals surface area contributed by atoms with Gasteiger partial charge in [-0.3, -0.25) is 4.79 Å². The Kier molecular flexibility index (Phi) is 6.50. The van der Waals surface area contributed by atoms with E-state index in [2.05, 4.69) is 0 Å². The normalized spacial score (nSPS) is 10.6. The SMILES string of the molecule is [B]c1cc(-c2ccc(OC)c(Cl)c2)ccc1-c1ccc(OC)cc1CCC(=O)O. The van der Waals surface area contributed by atoms with E-state index in [0.29, 0.717) is 28.4 Å². The number of carbonyl (C=O) groups is 1. The number of halogens is 1. The first kappa shape index (κ1) is 20.8. The zero-order chi connectivity index (χ0) is 21.0. The van der Waals surface area contributed by atoms with Crippen LogP contribution in [0.4, 0.5) is 0 Å². The standard InChI is InChI=1S/C23H20BClO4/c1-28-17-6-8-18(16(11-17)5-10-23(26)27)19-7-3-14(12-20(19)24)15-4-9-22(29-2)21(25)13-15/h3-4,6-9,11-13H,5,10H2,1-2H3,(H,26,27). The van der Waals surface area contributed by atoms with Gasteiger partial charge >= 0.3 is 5.97 Å². The number of hydrogen-bond acceptors (Lipinski definition) is 3. The molecule has 0 bridgehead atoms. The Morgan fingerprint density at radius 3 is 2.28 bits per heavy atom. The first-order chi connectivity index (χ1) is 13.9. The highest BCUT2D eigenvalue weighted by atomic mass is 35.5. The van der Waals surface area contributed by atoms with Gasteiger partial charge in [-0.2, -0.15) is 0 Å².